The second kappa shape index (κ2) is 11.9. The minimum atomic E-state index is 0.0160. The van der Waals surface area contributed by atoms with E-state index in [0.717, 1.165) is 46.6 Å². The van der Waals surface area contributed by atoms with Gasteiger partial charge in [-0.25, -0.2) is 4.99 Å². The molecule has 228 valence electrons. The summed E-state index contributed by atoms with van der Waals surface area (Å²) in [5.74, 6) is 0.872. The molecule has 0 spiro atoms. The fraction of sp³-hybridized carbons (Fsp3) is 0.0667. The number of pyridine rings is 1. The van der Waals surface area contributed by atoms with Crippen LogP contribution in [-0.2, 0) is 6.42 Å². The maximum atomic E-state index is 5.14. The van der Waals surface area contributed by atoms with E-state index < -0.39 is 0 Å². The van der Waals surface area contributed by atoms with Crippen molar-refractivity contribution < 1.29 is 0 Å². The Bertz CT molecular complexity index is 2420. The van der Waals surface area contributed by atoms with Crippen LogP contribution in [0.5, 0.6) is 0 Å². The molecule has 0 saturated carbocycles. The first-order chi connectivity index (χ1) is 23.8. The van der Waals surface area contributed by atoms with E-state index in [9.17, 15) is 0 Å². The van der Waals surface area contributed by atoms with Gasteiger partial charge in [0.05, 0.1) is 17.3 Å². The number of aromatic nitrogens is 1. The summed E-state index contributed by atoms with van der Waals surface area (Å²) in [4.78, 5) is 9.94. The number of benzene rings is 6. The van der Waals surface area contributed by atoms with Crippen molar-refractivity contribution >= 4 is 39.3 Å². The molecule has 0 amide bonds. The highest BCUT2D eigenvalue weighted by atomic mass is 15.0. The molecule has 0 saturated heterocycles. The quantitative estimate of drug-likeness (QED) is 0.196. The fourth-order valence-electron chi connectivity index (χ4n) is 7.23. The van der Waals surface area contributed by atoms with Crippen LogP contribution in [0.4, 0.5) is 0 Å². The van der Waals surface area contributed by atoms with Crippen molar-refractivity contribution in [3.05, 3.63) is 186 Å². The zero-order valence-electron chi connectivity index (χ0n) is 26.5. The summed E-state index contributed by atoms with van der Waals surface area (Å²) < 4.78 is 0. The molecule has 0 radical (unpaired) electrons. The Balaban J connectivity index is 1.10. The van der Waals surface area contributed by atoms with Crippen LogP contribution in [0.2, 0.25) is 0 Å². The average molecular weight is 616 g/mol. The van der Waals surface area contributed by atoms with Gasteiger partial charge >= 0.3 is 0 Å². The third kappa shape index (κ3) is 5.10. The van der Waals surface area contributed by atoms with E-state index in [0.29, 0.717) is 0 Å². The Morgan fingerprint density at radius 3 is 2.04 bits per heavy atom. The van der Waals surface area contributed by atoms with Crippen molar-refractivity contribution in [2.75, 3.05) is 0 Å². The first-order valence-corrected chi connectivity index (χ1v) is 16.7. The van der Waals surface area contributed by atoms with Crippen LogP contribution in [0.25, 0.3) is 55.7 Å². The van der Waals surface area contributed by atoms with Gasteiger partial charge in [-0.05, 0) is 98.5 Å². The molecule has 1 atom stereocenters. The summed E-state index contributed by atoms with van der Waals surface area (Å²) in [6, 6.07) is 49.8. The standard InChI is InChI=1S/C45H33N3/c1-3-12-30(13-4-1)42-29-43(31-14-5-2-6-15-31)48-45(47-42)36-19-10-18-34(27-36)32-16-9-17-33(26-32)35-23-24-38-40-22-11-25-46-44(40)39-21-8-7-20-37(39)41(38)28-35/h1-7,9-20,22-29,42H,8,21H2,(H,47,48). The molecule has 2 aliphatic rings. The summed E-state index contributed by atoms with van der Waals surface area (Å²) in [5.41, 5.74) is 12.9. The number of allylic oxidation sites excluding steroid dienone is 1. The number of aryl methyl sites for hydroxylation is 1. The van der Waals surface area contributed by atoms with Gasteiger partial charge in [0, 0.05) is 17.1 Å². The fourth-order valence-corrected chi connectivity index (χ4v) is 7.23. The van der Waals surface area contributed by atoms with Gasteiger partial charge in [-0.1, -0.05) is 127 Å². The van der Waals surface area contributed by atoms with Gasteiger partial charge in [-0.3, -0.25) is 4.98 Å². The van der Waals surface area contributed by atoms with E-state index in [-0.39, 0.29) is 6.04 Å². The number of aliphatic imine (C=N–C) groups is 1. The molecule has 0 fully saturated rings. The number of nitrogens with one attached hydrogen (secondary N) is 1. The van der Waals surface area contributed by atoms with E-state index in [1.807, 2.05) is 18.3 Å². The smallest absolute Gasteiger partial charge is 0.134 e. The zero-order valence-corrected chi connectivity index (χ0v) is 26.5. The lowest BCUT2D eigenvalue weighted by molar-refractivity contribution is 0.781. The minimum absolute atomic E-state index is 0.0160. The van der Waals surface area contributed by atoms with E-state index in [1.54, 1.807) is 0 Å². The van der Waals surface area contributed by atoms with Gasteiger partial charge in [-0.2, -0.15) is 0 Å². The van der Waals surface area contributed by atoms with Gasteiger partial charge in [0.25, 0.3) is 0 Å². The highest BCUT2D eigenvalue weighted by Crippen LogP contribution is 2.38. The van der Waals surface area contributed by atoms with Crippen molar-refractivity contribution in [1.29, 1.82) is 0 Å². The molecule has 1 aliphatic heterocycles. The van der Waals surface area contributed by atoms with Crippen LogP contribution >= 0.6 is 0 Å². The van der Waals surface area contributed by atoms with Crippen molar-refractivity contribution in [2.24, 2.45) is 4.99 Å². The molecule has 0 bridgehead atoms. The van der Waals surface area contributed by atoms with E-state index in [2.05, 4.69) is 151 Å². The molecule has 48 heavy (non-hydrogen) atoms. The molecule has 9 rings (SSSR count). The Morgan fingerprint density at radius 2 is 1.25 bits per heavy atom. The van der Waals surface area contributed by atoms with Gasteiger partial charge < -0.3 is 5.32 Å². The molecule has 2 heterocycles. The van der Waals surface area contributed by atoms with E-state index in [4.69, 9.17) is 9.98 Å². The topological polar surface area (TPSA) is 37.3 Å². The predicted octanol–water partition coefficient (Wildman–Crippen LogP) is 10.8. The van der Waals surface area contributed by atoms with E-state index in [1.165, 1.54) is 49.5 Å². The molecule has 3 nitrogen and oxygen atoms in total. The second-order valence-corrected chi connectivity index (χ2v) is 12.6. The van der Waals surface area contributed by atoms with Crippen LogP contribution in [0.3, 0.4) is 0 Å². The summed E-state index contributed by atoms with van der Waals surface area (Å²) in [6.45, 7) is 0. The van der Waals surface area contributed by atoms with E-state index >= 15 is 0 Å². The Hall–Kier alpha value is -6.06. The van der Waals surface area contributed by atoms with Crippen LogP contribution in [0.15, 0.2) is 163 Å². The first-order valence-electron chi connectivity index (χ1n) is 16.7. The van der Waals surface area contributed by atoms with Crippen LogP contribution < -0.4 is 5.32 Å². The Morgan fingerprint density at radius 1 is 0.562 bits per heavy atom. The lowest BCUT2D eigenvalue weighted by atomic mass is 9.87. The number of nitrogens with zero attached hydrogens (tertiary/aromatic N) is 2. The lowest BCUT2D eigenvalue weighted by Gasteiger charge is -2.24. The molecule has 1 unspecified atom stereocenters. The number of hydrogen-bond donors (Lipinski definition) is 1. The molecule has 6 aromatic carbocycles. The summed E-state index contributed by atoms with van der Waals surface area (Å²) in [5, 5.41) is 7.51. The van der Waals surface area contributed by atoms with Gasteiger partial charge in [0.2, 0.25) is 0 Å². The summed E-state index contributed by atoms with van der Waals surface area (Å²) in [7, 11) is 0. The number of hydrogen-bond acceptors (Lipinski definition) is 3. The number of amidine groups is 1. The third-order valence-electron chi connectivity index (χ3n) is 9.61. The first kappa shape index (κ1) is 28.2. The number of fused-ring (bicyclic) bond motifs is 6. The van der Waals surface area contributed by atoms with Crippen molar-refractivity contribution in [3.63, 3.8) is 0 Å². The largest absolute Gasteiger partial charge is 0.359 e. The van der Waals surface area contributed by atoms with Gasteiger partial charge in [-0.15, -0.1) is 0 Å². The molecule has 7 aromatic rings. The predicted molar refractivity (Wildman–Crippen MR) is 201 cm³/mol. The number of rotatable bonds is 5. The molecular weight excluding hydrogens is 583 g/mol. The van der Waals surface area contributed by atoms with Gasteiger partial charge in [0.15, 0.2) is 0 Å². The maximum Gasteiger partial charge on any atom is 0.134 e. The van der Waals surface area contributed by atoms with Crippen LogP contribution in [0, 0.1) is 0 Å². The molecule has 1 aromatic heterocycles. The average Bonchev–Trinajstić information content (AvgIpc) is 3.18. The Labute approximate surface area is 280 Å². The SMILES string of the molecule is C1=Cc2c(c3ncccc3c3ccc(-c4cccc(-c5cccc(C6=NC(c7ccccc7)=CC(c7ccccc7)N6)c5)c4)cc23)CC1. The van der Waals surface area contributed by atoms with Crippen molar-refractivity contribution in [2.45, 2.75) is 18.9 Å². The lowest BCUT2D eigenvalue weighted by Crippen LogP contribution is -2.31. The highest BCUT2D eigenvalue weighted by molar-refractivity contribution is 6.12. The minimum Gasteiger partial charge on any atom is -0.359 e. The Kier molecular flexibility index (Phi) is 7.01. The second-order valence-electron chi connectivity index (χ2n) is 12.6. The zero-order chi connectivity index (χ0) is 31.9. The summed E-state index contributed by atoms with van der Waals surface area (Å²) in [6.07, 6.45) is 10.8. The normalized spacial score (nSPS) is 15.5. The molecule has 3 heteroatoms. The molecular formula is C45H33N3. The summed E-state index contributed by atoms with van der Waals surface area (Å²) >= 11 is 0. The highest BCUT2D eigenvalue weighted by Gasteiger charge is 2.20. The van der Waals surface area contributed by atoms with Crippen LogP contribution in [0.1, 0.15) is 40.3 Å². The molecule has 1 N–H and O–H groups in total. The van der Waals surface area contributed by atoms with Crippen LogP contribution in [-0.4, -0.2) is 10.8 Å². The monoisotopic (exact) mass is 615 g/mol. The van der Waals surface area contributed by atoms with Crippen molar-refractivity contribution in [1.82, 2.24) is 10.3 Å². The van der Waals surface area contributed by atoms with Crippen molar-refractivity contribution in [3.8, 4) is 22.3 Å². The maximum absolute atomic E-state index is 5.14. The third-order valence-corrected chi connectivity index (χ3v) is 9.61. The van der Waals surface area contributed by atoms with Gasteiger partial charge in [0.1, 0.15) is 5.84 Å². The molecule has 1 aliphatic carbocycles.